The summed E-state index contributed by atoms with van der Waals surface area (Å²) < 4.78 is 10.6. The summed E-state index contributed by atoms with van der Waals surface area (Å²) in [5.41, 5.74) is 0. The summed E-state index contributed by atoms with van der Waals surface area (Å²) in [6.45, 7) is 3.06. The summed E-state index contributed by atoms with van der Waals surface area (Å²) in [7, 11) is 5.69. The van der Waals surface area contributed by atoms with Gasteiger partial charge in [-0.2, -0.15) is 0 Å². The third-order valence-corrected chi connectivity index (χ3v) is 2.21. The molecule has 0 spiro atoms. The second kappa shape index (κ2) is 7.86. The molecule has 0 saturated carbocycles. The van der Waals surface area contributed by atoms with E-state index in [1.807, 2.05) is 26.2 Å². The van der Waals surface area contributed by atoms with Gasteiger partial charge in [0.15, 0.2) is 11.6 Å². The first-order valence-electron chi connectivity index (χ1n) is 5.69. The van der Waals surface area contributed by atoms with Crippen molar-refractivity contribution >= 4 is 5.82 Å². The van der Waals surface area contributed by atoms with Gasteiger partial charge in [-0.05, 0) is 26.2 Å². The maximum absolute atomic E-state index is 5.47. The van der Waals surface area contributed by atoms with Crippen molar-refractivity contribution in [3.8, 4) is 5.75 Å². The molecule has 0 radical (unpaired) electrons. The van der Waals surface area contributed by atoms with Crippen molar-refractivity contribution in [1.29, 1.82) is 0 Å². The zero-order chi connectivity index (χ0) is 12.5. The van der Waals surface area contributed by atoms with E-state index in [0.717, 1.165) is 31.3 Å². The molecule has 17 heavy (non-hydrogen) atoms. The molecule has 0 atom stereocenters. The topological polar surface area (TPSA) is 46.6 Å². The Hall–Kier alpha value is -1.33. The van der Waals surface area contributed by atoms with E-state index in [4.69, 9.17) is 9.47 Å². The molecular formula is C12H21N3O2. The molecule has 1 heterocycles. The average molecular weight is 239 g/mol. The van der Waals surface area contributed by atoms with Crippen LogP contribution in [0.2, 0.25) is 0 Å². The van der Waals surface area contributed by atoms with Gasteiger partial charge in [0.1, 0.15) is 0 Å². The smallest absolute Gasteiger partial charge is 0.168 e. The molecule has 5 nitrogen and oxygen atoms in total. The largest absolute Gasteiger partial charge is 0.493 e. The van der Waals surface area contributed by atoms with Crippen molar-refractivity contribution in [2.24, 2.45) is 0 Å². The van der Waals surface area contributed by atoms with Gasteiger partial charge in [0.05, 0.1) is 20.3 Å². The van der Waals surface area contributed by atoms with Crippen LogP contribution in [-0.4, -0.2) is 57.4 Å². The number of ether oxygens (including phenoxy) is 2. The summed E-state index contributed by atoms with van der Waals surface area (Å²) in [6, 6.07) is 3.72. The van der Waals surface area contributed by atoms with Gasteiger partial charge in [-0.1, -0.05) is 0 Å². The van der Waals surface area contributed by atoms with E-state index in [0.29, 0.717) is 6.61 Å². The predicted molar refractivity (Wildman–Crippen MR) is 68.7 cm³/mol. The second-order valence-electron chi connectivity index (χ2n) is 3.90. The number of hydrogen-bond donors (Lipinski definition) is 1. The highest BCUT2D eigenvalue weighted by Gasteiger charge is 2.01. The Kier molecular flexibility index (Phi) is 6.35. The minimum absolute atomic E-state index is 0.660. The number of anilines is 1. The summed E-state index contributed by atoms with van der Waals surface area (Å²) >= 11 is 0. The van der Waals surface area contributed by atoms with Crippen molar-refractivity contribution < 1.29 is 9.47 Å². The van der Waals surface area contributed by atoms with Crippen LogP contribution in [0.4, 0.5) is 5.82 Å². The van der Waals surface area contributed by atoms with Crippen molar-refractivity contribution in [2.45, 2.75) is 0 Å². The van der Waals surface area contributed by atoms with Crippen LogP contribution in [0.25, 0.3) is 0 Å². The fraction of sp³-hybridized carbons (Fsp3) is 0.583. The van der Waals surface area contributed by atoms with Gasteiger partial charge in [0.2, 0.25) is 0 Å². The third-order valence-electron chi connectivity index (χ3n) is 2.21. The summed E-state index contributed by atoms with van der Waals surface area (Å²) in [5.74, 6) is 1.51. The fourth-order valence-electron chi connectivity index (χ4n) is 1.28. The molecular weight excluding hydrogens is 218 g/mol. The van der Waals surface area contributed by atoms with E-state index in [1.54, 1.807) is 13.3 Å². The lowest BCUT2D eigenvalue weighted by Crippen LogP contribution is -2.20. The van der Waals surface area contributed by atoms with Gasteiger partial charge in [0.25, 0.3) is 0 Å². The first-order valence-corrected chi connectivity index (χ1v) is 5.69. The molecule has 0 aliphatic carbocycles. The molecule has 96 valence electrons. The first-order chi connectivity index (χ1) is 8.24. The van der Waals surface area contributed by atoms with Crippen LogP contribution >= 0.6 is 0 Å². The van der Waals surface area contributed by atoms with Crippen molar-refractivity contribution in [3.63, 3.8) is 0 Å². The standard InChI is InChI=1S/C12H21N3O2/c1-15(2)8-10-17-9-7-14-12-11(16-3)5-4-6-13-12/h4-6H,7-10H2,1-3H3,(H,13,14). The number of rotatable bonds is 8. The molecule has 1 N–H and O–H groups in total. The van der Waals surface area contributed by atoms with Crippen molar-refractivity contribution in [2.75, 3.05) is 52.8 Å². The summed E-state index contributed by atoms with van der Waals surface area (Å²) in [4.78, 5) is 6.29. The molecule has 1 aromatic heterocycles. The normalized spacial score (nSPS) is 10.6. The molecule has 0 amide bonds. The lowest BCUT2D eigenvalue weighted by Gasteiger charge is -2.11. The summed E-state index contributed by atoms with van der Waals surface area (Å²) in [5, 5.41) is 3.18. The van der Waals surface area contributed by atoms with Crippen LogP contribution in [-0.2, 0) is 4.74 Å². The molecule has 1 aromatic rings. The Morgan fingerprint density at radius 1 is 1.35 bits per heavy atom. The quantitative estimate of drug-likeness (QED) is 0.688. The molecule has 0 fully saturated rings. The van der Waals surface area contributed by atoms with E-state index in [-0.39, 0.29) is 0 Å². The van der Waals surface area contributed by atoms with E-state index in [9.17, 15) is 0 Å². The molecule has 5 heteroatoms. The number of likely N-dealkylation sites (N-methyl/N-ethyl adjacent to an activating group) is 1. The van der Waals surface area contributed by atoms with Gasteiger partial charge < -0.3 is 19.7 Å². The molecule has 0 unspecified atom stereocenters. The fourth-order valence-corrected chi connectivity index (χ4v) is 1.28. The van der Waals surface area contributed by atoms with Crippen LogP contribution < -0.4 is 10.1 Å². The zero-order valence-corrected chi connectivity index (χ0v) is 10.8. The average Bonchev–Trinajstić information content (AvgIpc) is 2.33. The number of nitrogens with one attached hydrogen (secondary N) is 1. The van der Waals surface area contributed by atoms with Crippen molar-refractivity contribution in [3.05, 3.63) is 18.3 Å². The number of pyridine rings is 1. The van der Waals surface area contributed by atoms with E-state index in [2.05, 4.69) is 15.2 Å². The number of nitrogens with zero attached hydrogens (tertiary/aromatic N) is 2. The highest BCUT2D eigenvalue weighted by Crippen LogP contribution is 2.19. The van der Waals surface area contributed by atoms with E-state index < -0.39 is 0 Å². The van der Waals surface area contributed by atoms with Gasteiger partial charge >= 0.3 is 0 Å². The van der Waals surface area contributed by atoms with Gasteiger partial charge in [-0.25, -0.2) is 4.98 Å². The lowest BCUT2D eigenvalue weighted by molar-refractivity contribution is 0.126. The molecule has 0 aliphatic heterocycles. The molecule has 0 aromatic carbocycles. The van der Waals surface area contributed by atoms with Gasteiger partial charge in [-0.15, -0.1) is 0 Å². The molecule has 1 rings (SSSR count). The van der Waals surface area contributed by atoms with Crippen LogP contribution in [0.1, 0.15) is 0 Å². The maximum Gasteiger partial charge on any atom is 0.168 e. The molecule has 0 saturated heterocycles. The zero-order valence-electron chi connectivity index (χ0n) is 10.8. The Bertz CT molecular complexity index is 318. The maximum atomic E-state index is 5.47. The van der Waals surface area contributed by atoms with Crippen LogP contribution in [0.5, 0.6) is 5.75 Å². The summed E-state index contributed by atoms with van der Waals surface area (Å²) in [6.07, 6.45) is 1.73. The SMILES string of the molecule is COc1cccnc1NCCOCCN(C)C. The highest BCUT2D eigenvalue weighted by atomic mass is 16.5. The van der Waals surface area contributed by atoms with E-state index in [1.165, 1.54) is 0 Å². The second-order valence-corrected chi connectivity index (χ2v) is 3.90. The van der Waals surface area contributed by atoms with Gasteiger partial charge in [0, 0.05) is 19.3 Å². The lowest BCUT2D eigenvalue weighted by atomic mass is 10.4. The minimum atomic E-state index is 0.660. The van der Waals surface area contributed by atoms with E-state index >= 15 is 0 Å². The third kappa shape index (κ3) is 5.51. The number of hydrogen-bond acceptors (Lipinski definition) is 5. The molecule has 0 bridgehead atoms. The Balaban J connectivity index is 2.17. The Morgan fingerprint density at radius 2 is 2.18 bits per heavy atom. The molecule has 0 aliphatic rings. The number of aromatic nitrogens is 1. The Labute approximate surface area is 103 Å². The van der Waals surface area contributed by atoms with Crippen LogP contribution in [0.15, 0.2) is 18.3 Å². The van der Waals surface area contributed by atoms with Crippen LogP contribution in [0.3, 0.4) is 0 Å². The first kappa shape index (κ1) is 13.7. The van der Waals surface area contributed by atoms with Crippen molar-refractivity contribution in [1.82, 2.24) is 9.88 Å². The monoisotopic (exact) mass is 239 g/mol. The predicted octanol–water partition coefficient (Wildman–Crippen LogP) is 1.08. The van der Waals surface area contributed by atoms with Gasteiger partial charge in [-0.3, -0.25) is 0 Å². The Morgan fingerprint density at radius 3 is 2.88 bits per heavy atom. The number of methoxy groups -OCH3 is 1. The highest BCUT2D eigenvalue weighted by molar-refractivity contribution is 5.49. The van der Waals surface area contributed by atoms with Crippen LogP contribution in [0, 0.1) is 0 Å². The minimum Gasteiger partial charge on any atom is -0.493 e.